The highest BCUT2D eigenvalue weighted by atomic mass is 19.3. The Morgan fingerprint density at radius 1 is 1.09 bits per heavy atom. The normalized spacial score (nSPS) is 41.8. The molecule has 1 aromatic heterocycles. The van der Waals surface area contributed by atoms with Crippen molar-refractivity contribution in [2.45, 2.75) is 83.3 Å². The van der Waals surface area contributed by atoms with Crippen LogP contribution < -0.4 is 0 Å². The van der Waals surface area contributed by atoms with Gasteiger partial charge in [-0.3, -0.25) is 9.48 Å². The summed E-state index contributed by atoms with van der Waals surface area (Å²) in [6, 6.07) is 8.04. The average molecular weight is 471 g/mol. The predicted octanol–water partition coefficient (Wildman–Crippen LogP) is 5.87. The van der Waals surface area contributed by atoms with Crippen molar-refractivity contribution in [3.63, 3.8) is 0 Å². The first-order chi connectivity index (χ1) is 16.3. The van der Waals surface area contributed by atoms with E-state index in [0.29, 0.717) is 36.0 Å². The van der Waals surface area contributed by atoms with Gasteiger partial charge in [0.05, 0.1) is 11.7 Å². The van der Waals surface area contributed by atoms with Crippen molar-refractivity contribution in [1.29, 1.82) is 0 Å². The monoisotopic (exact) mass is 470 g/mol. The molecule has 4 saturated carbocycles. The van der Waals surface area contributed by atoms with E-state index in [2.05, 4.69) is 12.0 Å². The van der Waals surface area contributed by atoms with Gasteiger partial charge in [-0.15, -0.1) is 0 Å². The van der Waals surface area contributed by atoms with Crippen LogP contribution in [0, 0.1) is 40.9 Å². The number of hydrogen-bond donors (Lipinski definition) is 1. The molecule has 6 heteroatoms. The van der Waals surface area contributed by atoms with Crippen molar-refractivity contribution in [1.82, 2.24) is 9.78 Å². The van der Waals surface area contributed by atoms with Gasteiger partial charge in [-0.05, 0) is 98.9 Å². The summed E-state index contributed by atoms with van der Waals surface area (Å²) >= 11 is 0. The molecule has 0 aliphatic heterocycles. The van der Waals surface area contributed by atoms with Gasteiger partial charge in [0.1, 0.15) is 12.1 Å². The van der Waals surface area contributed by atoms with Crippen LogP contribution in [0.5, 0.6) is 0 Å². The first-order valence-corrected chi connectivity index (χ1v) is 13.2. The minimum Gasteiger partial charge on any atom is -0.384 e. The van der Waals surface area contributed by atoms with Gasteiger partial charge in [-0.25, -0.2) is 8.78 Å². The van der Waals surface area contributed by atoms with Gasteiger partial charge in [0, 0.05) is 11.3 Å². The number of Topliss-reactive ketones (excluding diaryl/α,β-unsaturated/α-hetero) is 1. The van der Waals surface area contributed by atoms with E-state index in [0.717, 1.165) is 55.8 Å². The lowest BCUT2D eigenvalue weighted by Crippen LogP contribution is -2.53. The highest BCUT2D eigenvalue weighted by Gasteiger charge is 2.59. The van der Waals surface area contributed by atoms with Crippen LogP contribution in [0.15, 0.2) is 30.5 Å². The van der Waals surface area contributed by atoms with E-state index in [1.54, 1.807) is 0 Å². The van der Waals surface area contributed by atoms with Gasteiger partial charge >= 0.3 is 0 Å². The molecular formula is C28H36F2N2O2. The Labute approximate surface area is 200 Å². The molecule has 0 amide bonds. The standard InChI is InChI=1S/C28H36F2N2O2/c1-27-12-10-20-19-11-13-28(34,26(29)30)14-17(19)6-7-21(20)22(27)8-9-23(27)25(33)16-32-24-5-3-2-4-18(24)15-31-32/h2-5,15,17,19-23,26,34H,6-14,16H2,1H3/t17-,19+,20-,21-,22+,23-,27+,28-/m1/s1. The molecule has 0 saturated heterocycles. The number of aromatic nitrogens is 2. The number of alkyl halides is 2. The zero-order chi connectivity index (χ0) is 23.7. The van der Waals surface area contributed by atoms with E-state index in [9.17, 15) is 18.7 Å². The van der Waals surface area contributed by atoms with Crippen LogP contribution in [0.4, 0.5) is 8.78 Å². The quantitative estimate of drug-likeness (QED) is 0.608. The highest BCUT2D eigenvalue weighted by Crippen LogP contribution is 2.65. The van der Waals surface area contributed by atoms with E-state index in [4.69, 9.17) is 0 Å². The van der Waals surface area contributed by atoms with Gasteiger partial charge in [0.15, 0.2) is 5.78 Å². The van der Waals surface area contributed by atoms with Crippen LogP contribution in [0.3, 0.4) is 0 Å². The third-order valence-corrected chi connectivity index (χ3v) is 10.7. The Hall–Kier alpha value is -1.82. The summed E-state index contributed by atoms with van der Waals surface area (Å²) < 4.78 is 28.8. The number of ketones is 1. The summed E-state index contributed by atoms with van der Waals surface area (Å²) in [5, 5.41) is 16.0. The molecule has 0 unspecified atom stereocenters. The van der Waals surface area contributed by atoms with Gasteiger partial charge in [-0.2, -0.15) is 5.10 Å². The number of carbonyl (C=O) groups excluding carboxylic acids is 1. The Balaban J connectivity index is 1.18. The number of hydrogen-bond acceptors (Lipinski definition) is 3. The van der Waals surface area contributed by atoms with E-state index in [1.165, 1.54) is 0 Å². The van der Waals surface area contributed by atoms with Crippen molar-refractivity contribution >= 4 is 16.7 Å². The molecule has 1 aromatic carbocycles. The van der Waals surface area contributed by atoms with Gasteiger partial charge in [0.2, 0.25) is 0 Å². The van der Waals surface area contributed by atoms with Crippen molar-refractivity contribution in [3.8, 4) is 0 Å². The van der Waals surface area contributed by atoms with Gasteiger partial charge < -0.3 is 5.11 Å². The number of aliphatic hydroxyl groups is 1. The van der Waals surface area contributed by atoms with Crippen molar-refractivity contribution in [2.24, 2.45) is 40.9 Å². The van der Waals surface area contributed by atoms with Crippen molar-refractivity contribution in [3.05, 3.63) is 30.5 Å². The fraction of sp³-hybridized carbons (Fsp3) is 0.714. The van der Waals surface area contributed by atoms with Crippen LogP contribution in [-0.2, 0) is 11.3 Å². The molecule has 0 spiro atoms. The topological polar surface area (TPSA) is 55.1 Å². The third kappa shape index (κ3) is 3.38. The van der Waals surface area contributed by atoms with Crippen LogP contribution in [0.1, 0.15) is 64.7 Å². The second-order valence-corrected chi connectivity index (χ2v) is 12.1. The number of nitrogens with zero attached hydrogens (tertiary/aromatic N) is 2. The number of benzene rings is 1. The lowest BCUT2D eigenvalue weighted by atomic mass is 9.49. The molecule has 8 atom stereocenters. The molecule has 4 aliphatic rings. The molecule has 6 rings (SSSR count). The molecule has 1 heterocycles. The average Bonchev–Trinajstić information content (AvgIpc) is 3.39. The Morgan fingerprint density at radius 2 is 1.88 bits per heavy atom. The predicted molar refractivity (Wildman–Crippen MR) is 126 cm³/mol. The highest BCUT2D eigenvalue weighted by molar-refractivity contribution is 5.85. The zero-order valence-electron chi connectivity index (χ0n) is 20.0. The summed E-state index contributed by atoms with van der Waals surface area (Å²) in [5.41, 5.74) is -0.732. The summed E-state index contributed by atoms with van der Waals surface area (Å²) in [7, 11) is 0. The minimum absolute atomic E-state index is 0.0341. The second kappa shape index (κ2) is 8.11. The summed E-state index contributed by atoms with van der Waals surface area (Å²) in [4.78, 5) is 13.6. The molecule has 4 fully saturated rings. The maximum atomic E-state index is 13.6. The Bertz CT molecular complexity index is 1090. The molecule has 0 radical (unpaired) electrons. The summed E-state index contributed by atoms with van der Waals surface area (Å²) in [6.07, 6.45) is 6.65. The van der Waals surface area contributed by atoms with E-state index < -0.39 is 12.0 Å². The fourth-order valence-corrected chi connectivity index (χ4v) is 9.05. The van der Waals surface area contributed by atoms with E-state index >= 15 is 0 Å². The van der Waals surface area contributed by atoms with Crippen LogP contribution in [0.2, 0.25) is 0 Å². The second-order valence-electron chi connectivity index (χ2n) is 12.1. The molecule has 0 bridgehead atoms. The number of rotatable bonds is 4. The molecule has 2 aromatic rings. The van der Waals surface area contributed by atoms with Gasteiger partial charge in [0.25, 0.3) is 6.43 Å². The first kappa shape index (κ1) is 22.6. The summed E-state index contributed by atoms with van der Waals surface area (Å²) in [5.74, 6) is 2.80. The number of carbonyl (C=O) groups is 1. The van der Waals surface area contributed by atoms with Gasteiger partial charge in [-0.1, -0.05) is 25.1 Å². The zero-order valence-corrected chi connectivity index (χ0v) is 20.0. The molecule has 1 N–H and O–H groups in total. The lowest BCUT2D eigenvalue weighted by molar-refractivity contribution is -0.160. The van der Waals surface area contributed by atoms with Crippen molar-refractivity contribution in [2.75, 3.05) is 0 Å². The van der Waals surface area contributed by atoms with Crippen LogP contribution in [-0.4, -0.2) is 32.7 Å². The molecule has 34 heavy (non-hydrogen) atoms. The molecule has 184 valence electrons. The molecular weight excluding hydrogens is 434 g/mol. The lowest BCUT2D eigenvalue weighted by Gasteiger charge is -2.57. The Kier molecular flexibility index (Phi) is 5.40. The molecule has 4 nitrogen and oxygen atoms in total. The maximum absolute atomic E-state index is 13.6. The molecule has 4 aliphatic carbocycles. The first-order valence-electron chi connectivity index (χ1n) is 13.2. The van der Waals surface area contributed by atoms with E-state index in [-0.39, 0.29) is 30.1 Å². The number of halogens is 2. The van der Waals surface area contributed by atoms with Crippen LogP contribution >= 0.6 is 0 Å². The smallest absolute Gasteiger partial charge is 0.266 e. The largest absolute Gasteiger partial charge is 0.384 e. The SMILES string of the molecule is C[C@]12CC[C@H]3[C@@H](CC[C@@H]4C[C@@](O)(C(F)F)CC[C@@H]43)[C@@H]1CC[C@@H]2C(=O)Cn1ncc2ccccc21. The maximum Gasteiger partial charge on any atom is 0.266 e. The number of fused-ring (bicyclic) bond motifs is 6. The third-order valence-electron chi connectivity index (χ3n) is 10.7. The van der Waals surface area contributed by atoms with Crippen molar-refractivity contribution < 1.29 is 18.7 Å². The van der Waals surface area contributed by atoms with E-state index in [1.807, 2.05) is 35.1 Å². The Morgan fingerprint density at radius 3 is 2.71 bits per heavy atom. The fourth-order valence-electron chi connectivity index (χ4n) is 9.05. The van der Waals surface area contributed by atoms with Crippen LogP contribution in [0.25, 0.3) is 10.9 Å². The summed E-state index contributed by atoms with van der Waals surface area (Å²) in [6.45, 7) is 2.69. The minimum atomic E-state index is -2.64. The number of para-hydroxylation sites is 1.